The van der Waals surface area contributed by atoms with Gasteiger partial charge in [-0.05, 0) is 20.3 Å². The normalized spacial score (nSPS) is 15.1. The number of aromatic nitrogens is 4. The molecule has 19 heavy (non-hydrogen) atoms. The van der Waals surface area contributed by atoms with E-state index in [2.05, 4.69) is 21.6 Å². The molecule has 0 bridgehead atoms. The molecular formula is C13H21ClN4O. The van der Waals surface area contributed by atoms with Gasteiger partial charge in [0, 0.05) is 14.2 Å². The van der Waals surface area contributed by atoms with Crippen LogP contribution in [0.15, 0.2) is 0 Å². The lowest BCUT2D eigenvalue weighted by Gasteiger charge is -2.15. The molecule has 0 radical (unpaired) electrons. The van der Waals surface area contributed by atoms with E-state index in [4.69, 9.17) is 16.3 Å². The van der Waals surface area contributed by atoms with Crippen LogP contribution in [0.1, 0.15) is 37.7 Å². The third-order valence-electron chi connectivity index (χ3n) is 3.35. The molecule has 6 heteroatoms. The fraction of sp³-hybridized carbons (Fsp3) is 0.692. The van der Waals surface area contributed by atoms with Gasteiger partial charge in [0.15, 0.2) is 5.65 Å². The fourth-order valence-corrected chi connectivity index (χ4v) is 2.48. The maximum absolute atomic E-state index is 6.26. The molecule has 2 aromatic rings. The highest BCUT2D eigenvalue weighted by Crippen LogP contribution is 2.27. The largest absolute Gasteiger partial charge is 0.380 e. The van der Waals surface area contributed by atoms with E-state index in [9.17, 15) is 0 Å². The van der Waals surface area contributed by atoms with Crippen molar-refractivity contribution in [2.75, 3.05) is 7.11 Å². The van der Waals surface area contributed by atoms with Crippen LogP contribution in [-0.2, 0) is 24.8 Å². The Morgan fingerprint density at radius 2 is 2.05 bits per heavy atom. The Morgan fingerprint density at radius 3 is 2.58 bits per heavy atom. The van der Waals surface area contributed by atoms with Crippen molar-refractivity contribution >= 4 is 22.8 Å². The standard InChI is InChI=1S/C13H21ClN4O/c1-6-10-11-13(17(4)16-10)18(7-8(2)19-5)12(15-11)9(3)14/h8-9H,6-7H2,1-5H3. The van der Waals surface area contributed by atoms with Gasteiger partial charge in [-0.2, -0.15) is 5.10 Å². The lowest BCUT2D eigenvalue weighted by molar-refractivity contribution is 0.103. The van der Waals surface area contributed by atoms with Gasteiger partial charge in [0.05, 0.1) is 23.7 Å². The molecule has 0 saturated carbocycles. The first-order chi connectivity index (χ1) is 8.99. The number of methoxy groups -OCH3 is 1. The molecule has 2 atom stereocenters. The van der Waals surface area contributed by atoms with E-state index in [1.165, 1.54) is 0 Å². The summed E-state index contributed by atoms with van der Waals surface area (Å²) < 4.78 is 9.36. The second-order valence-corrected chi connectivity index (χ2v) is 5.49. The van der Waals surface area contributed by atoms with Gasteiger partial charge in [-0.1, -0.05) is 6.92 Å². The molecule has 0 amide bonds. The molecule has 0 aromatic carbocycles. The van der Waals surface area contributed by atoms with Gasteiger partial charge < -0.3 is 9.30 Å². The summed E-state index contributed by atoms with van der Waals surface area (Å²) in [6, 6.07) is 0. The Labute approximate surface area is 118 Å². The van der Waals surface area contributed by atoms with Crippen LogP contribution >= 0.6 is 11.6 Å². The quantitative estimate of drug-likeness (QED) is 0.793. The topological polar surface area (TPSA) is 44.9 Å². The highest BCUT2D eigenvalue weighted by molar-refractivity contribution is 6.20. The minimum atomic E-state index is -0.138. The Kier molecular flexibility index (Phi) is 4.16. The maximum Gasteiger partial charge on any atom is 0.158 e. The number of ether oxygens (including phenoxy) is 1. The molecule has 2 heterocycles. The van der Waals surface area contributed by atoms with E-state index < -0.39 is 0 Å². The van der Waals surface area contributed by atoms with Gasteiger partial charge in [0.2, 0.25) is 0 Å². The molecule has 0 aliphatic heterocycles. The molecule has 106 valence electrons. The highest BCUT2D eigenvalue weighted by atomic mass is 35.5. The van der Waals surface area contributed by atoms with Gasteiger partial charge in [-0.15, -0.1) is 11.6 Å². The van der Waals surface area contributed by atoms with Crippen LogP contribution in [0.25, 0.3) is 11.2 Å². The van der Waals surface area contributed by atoms with Gasteiger partial charge in [-0.3, -0.25) is 4.68 Å². The van der Waals surface area contributed by atoms with E-state index in [-0.39, 0.29) is 11.5 Å². The molecule has 0 aliphatic rings. The number of rotatable bonds is 5. The molecule has 2 unspecified atom stereocenters. The molecule has 0 N–H and O–H groups in total. The van der Waals surface area contributed by atoms with Crippen LogP contribution in [0, 0.1) is 0 Å². The average Bonchev–Trinajstić information content (AvgIpc) is 2.88. The SMILES string of the molecule is CCc1nn(C)c2c1nc(C(C)Cl)n2CC(C)OC. The lowest BCUT2D eigenvalue weighted by atomic mass is 10.3. The number of hydrogen-bond acceptors (Lipinski definition) is 3. The Bertz CT molecular complexity index is 573. The van der Waals surface area contributed by atoms with E-state index >= 15 is 0 Å². The van der Waals surface area contributed by atoms with E-state index in [0.29, 0.717) is 0 Å². The summed E-state index contributed by atoms with van der Waals surface area (Å²) in [6.07, 6.45) is 0.969. The van der Waals surface area contributed by atoms with Crippen molar-refractivity contribution in [2.45, 2.75) is 45.2 Å². The summed E-state index contributed by atoms with van der Waals surface area (Å²) in [5, 5.41) is 4.37. The number of imidazole rings is 1. The Balaban J connectivity index is 2.62. The van der Waals surface area contributed by atoms with Crippen LogP contribution in [0.3, 0.4) is 0 Å². The minimum absolute atomic E-state index is 0.103. The van der Waals surface area contributed by atoms with Crippen molar-refractivity contribution in [3.8, 4) is 0 Å². The molecule has 0 fully saturated rings. The summed E-state index contributed by atoms with van der Waals surface area (Å²) in [7, 11) is 3.66. The molecule has 2 aromatic heterocycles. The third kappa shape index (κ3) is 2.49. The lowest BCUT2D eigenvalue weighted by Crippen LogP contribution is -2.18. The Morgan fingerprint density at radius 1 is 1.37 bits per heavy atom. The summed E-state index contributed by atoms with van der Waals surface area (Å²) in [5.41, 5.74) is 2.99. The van der Waals surface area contributed by atoms with Crippen molar-refractivity contribution in [3.63, 3.8) is 0 Å². The number of fused-ring (bicyclic) bond motifs is 1. The van der Waals surface area contributed by atoms with E-state index in [1.54, 1.807) is 7.11 Å². The molecular weight excluding hydrogens is 264 g/mol. The second kappa shape index (κ2) is 5.51. The molecule has 5 nitrogen and oxygen atoms in total. The number of hydrogen-bond donors (Lipinski definition) is 0. The van der Waals surface area contributed by atoms with Crippen molar-refractivity contribution in [1.29, 1.82) is 0 Å². The first kappa shape index (κ1) is 14.3. The number of alkyl halides is 1. The first-order valence-electron chi connectivity index (χ1n) is 6.58. The van der Waals surface area contributed by atoms with E-state index in [1.807, 2.05) is 25.6 Å². The average molecular weight is 285 g/mol. The fourth-order valence-electron chi connectivity index (χ4n) is 2.31. The van der Waals surface area contributed by atoms with Gasteiger partial charge in [0.1, 0.15) is 11.3 Å². The molecule has 0 aliphatic carbocycles. The molecule has 2 rings (SSSR count). The smallest absolute Gasteiger partial charge is 0.158 e. The van der Waals surface area contributed by atoms with Crippen LogP contribution in [0.2, 0.25) is 0 Å². The van der Waals surface area contributed by atoms with E-state index in [0.717, 1.165) is 35.6 Å². The number of halogens is 1. The number of nitrogens with zero attached hydrogens (tertiary/aromatic N) is 4. The second-order valence-electron chi connectivity index (χ2n) is 4.84. The van der Waals surface area contributed by atoms with Crippen LogP contribution in [-0.4, -0.2) is 32.5 Å². The summed E-state index contributed by atoms with van der Waals surface area (Å²) in [6.45, 7) is 6.78. The van der Waals surface area contributed by atoms with Gasteiger partial charge >= 0.3 is 0 Å². The summed E-state index contributed by atoms with van der Waals surface area (Å²) in [4.78, 5) is 4.68. The summed E-state index contributed by atoms with van der Waals surface area (Å²) >= 11 is 6.26. The van der Waals surface area contributed by atoms with Crippen LogP contribution in [0.4, 0.5) is 0 Å². The van der Waals surface area contributed by atoms with Crippen LogP contribution in [0.5, 0.6) is 0 Å². The highest BCUT2D eigenvalue weighted by Gasteiger charge is 2.21. The third-order valence-corrected chi connectivity index (χ3v) is 3.55. The maximum atomic E-state index is 6.26. The first-order valence-corrected chi connectivity index (χ1v) is 7.02. The van der Waals surface area contributed by atoms with Crippen molar-refractivity contribution < 1.29 is 4.74 Å². The molecule has 0 saturated heterocycles. The van der Waals surface area contributed by atoms with Gasteiger partial charge in [0.25, 0.3) is 0 Å². The zero-order valence-corrected chi connectivity index (χ0v) is 12.9. The number of aryl methyl sites for hydroxylation is 2. The molecule has 0 spiro atoms. The monoisotopic (exact) mass is 284 g/mol. The van der Waals surface area contributed by atoms with Crippen LogP contribution < -0.4 is 0 Å². The van der Waals surface area contributed by atoms with Crippen molar-refractivity contribution in [1.82, 2.24) is 19.3 Å². The predicted octanol–water partition coefficient (Wildman–Crippen LogP) is 2.67. The zero-order valence-electron chi connectivity index (χ0n) is 12.1. The predicted molar refractivity (Wildman–Crippen MR) is 76.6 cm³/mol. The van der Waals surface area contributed by atoms with Crippen molar-refractivity contribution in [2.24, 2.45) is 7.05 Å². The minimum Gasteiger partial charge on any atom is -0.380 e. The summed E-state index contributed by atoms with van der Waals surface area (Å²) in [5.74, 6) is 0.878. The Hall–Kier alpha value is -1.07. The van der Waals surface area contributed by atoms with Gasteiger partial charge in [-0.25, -0.2) is 4.98 Å². The zero-order chi connectivity index (χ0) is 14.2. The van der Waals surface area contributed by atoms with Crippen molar-refractivity contribution in [3.05, 3.63) is 11.5 Å².